The van der Waals surface area contributed by atoms with Crippen LogP contribution in [0.3, 0.4) is 0 Å². The van der Waals surface area contributed by atoms with E-state index in [1.165, 1.54) is 28.4 Å². The van der Waals surface area contributed by atoms with Gasteiger partial charge in [-0.1, -0.05) is 30.3 Å². The zero-order chi connectivity index (χ0) is 21.4. The lowest BCUT2D eigenvalue weighted by atomic mass is 9.94. The molecule has 1 saturated heterocycles. The van der Waals surface area contributed by atoms with Gasteiger partial charge in [0.25, 0.3) is 11.7 Å². The first-order valence-corrected chi connectivity index (χ1v) is 10.4. The maximum absolute atomic E-state index is 13.0. The topological polar surface area (TPSA) is 77.8 Å². The molecule has 1 aromatic heterocycles. The summed E-state index contributed by atoms with van der Waals surface area (Å²) in [5.41, 5.74) is 3.12. The maximum atomic E-state index is 13.0. The SMILES string of the molecule is Cc1ccc(/C(O)=C2/C(=O)C(=O)N(Cc3cccs3)C2c2cccc(O)c2)cc1C. The summed E-state index contributed by atoms with van der Waals surface area (Å²) >= 11 is 1.49. The fourth-order valence-corrected chi connectivity index (χ4v) is 4.40. The van der Waals surface area contributed by atoms with Gasteiger partial charge in [-0.3, -0.25) is 9.59 Å². The van der Waals surface area contributed by atoms with Crippen molar-refractivity contribution in [1.82, 2.24) is 4.90 Å². The number of nitrogens with zero attached hydrogens (tertiary/aromatic N) is 1. The molecule has 6 heteroatoms. The Kier molecular flexibility index (Phi) is 5.18. The number of carbonyl (C=O) groups excluding carboxylic acids is 2. The van der Waals surface area contributed by atoms with Crippen molar-refractivity contribution < 1.29 is 19.8 Å². The van der Waals surface area contributed by atoms with Crippen LogP contribution in [0, 0.1) is 13.8 Å². The van der Waals surface area contributed by atoms with E-state index in [9.17, 15) is 19.8 Å². The number of aliphatic hydroxyl groups is 1. The fraction of sp³-hybridized carbons (Fsp3) is 0.167. The number of rotatable bonds is 4. The van der Waals surface area contributed by atoms with Crippen molar-refractivity contribution in [2.24, 2.45) is 0 Å². The molecule has 3 aromatic rings. The minimum Gasteiger partial charge on any atom is -0.508 e. The van der Waals surface area contributed by atoms with Crippen molar-refractivity contribution in [2.45, 2.75) is 26.4 Å². The second kappa shape index (κ2) is 7.80. The first-order chi connectivity index (χ1) is 14.4. The van der Waals surface area contributed by atoms with Gasteiger partial charge in [0.15, 0.2) is 0 Å². The third-order valence-corrected chi connectivity index (χ3v) is 6.27. The van der Waals surface area contributed by atoms with Crippen molar-refractivity contribution in [1.29, 1.82) is 0 Å². The molecule has 0 bridgehead atoms. The standard InChI is InChI=1S/C24H21NO4S/c1-14-8-9-17(11-15(14)2)22(27)20-21(16-5-3-6-18(26)12-16)25(24(29)23(20)28)13-19-7-4-10-30-19/h3-12,21,26-27H,13H2,1-2H3/b22-20-. The predicted octanol–water partition coefficient (Wildman–Crippen LogP) is 4.69. The minimum atomic E-state index is -0.791. The number of aromatic hydroxyl groups is 1. The van der Waals surface area contributed by atoms with Crippen LogP contribution in [0.25, 0.3) is 5.76 Å². The molecule has 0 radical (unpaired) electrons. The molecule has 1 aliphatic rings. The Labute approximate surface area is 178 Å². The lowest BCUT2D eigenvalue weighted by molar-refractivity contribution is -0.140. The van der Waals surface area contributed by atoms with Crippen LogP contribution < -0.4 is 0 Å². The van der Waals surface area contributed by atoms with Crippen LogP contribution in [0.5, 0.6) is 5.75 Å². The van der Waals surface area contributed by atoms with Crippen LogP contribution in [0.1, 0.15) is 33.2 Å². The van der Waals surface area contributed by atoms with E-state index in [1.807, 2.05) is 37.4 Å². The van der Waals surface area contributed by atoms with Gasteiger partial charge in [-0.25, -0.2) is 0 Å². The third kappa shape index (κ3) is 3.50. The summed E-state index contributed by atoms with van der Waals surface area (Å²) in [4.78, 5) is 28.3. The van der Waals surface area contributed by atoms with Gasteiger partial charge in [-0.15, -0.1) is 11.3 Å². The number of Topliss-reactive ketones (excluding diaryl/α,β-unsaturated/α-hetero) is 1. The first kappa shape index (κ1) is 19.9. The summed E-state index contributed by atoms with van der Waals surface area (Å²) in [7, 11) is 0. The van der Waals surface area contributed by atoms with Crippen molar-refractivity contribution >= 4 is 28.8 Å². The Bertz CT molecular complexity index is 1160. The molecule has 0 saturated carbocycles. The van der Waals surface area contributed by atoms with Crippen molar-refractivity contribution in [3.63, 3.8) is 0 Å². The second-order valence-electron chi connectivity index (χ2n) is 7.40. The third-order valence-electron chi connectivity index (χ3n) is 5.41. The highest BCUT2D eigenvalue weighted by molar-refractivity contribution is 7.09. The number of benzene rings is 2. The molecule has 1 aliphatic heterocycles. The molecule has 1 unspecified atom stereocenters. The van der Waals surface area contributed by atoms with E-state index in [4.69, 9.17) is 0 Å². The largest absolute Gasteiger partial charge is 0.508 e. The van der Waals surface area contributed by atoms with E-state index >= 15 is 0 Å². The number of aliphatic hydroxyl groups excluding tert-OH is 1. The Hall–Kier alpha value is -3.38. The lowest BCUT2D eigenvalue weighted by Gasteiger charge is -2.25. The normalized spacial score (nSPS) is 18.2. The van der Waals surface area contributed by atoms with Crippen LogP contribution in [0.4, 0.5) is 0 Å². The molecular weight excluding hydrogens is 398 g/mol. The summed E-state index contributed by atoms with van der Waals surface area (Å²) in [6, 6.07) is 14.8. The van der Waals surface area contributed by atoms with E-state index in [-0.39, 0.29) is 23.6 Å². The molecule has 4 rings (SSSR count). The monoisotopic (exact) mass is 419 g/mol. The molecule has 2 N–H and O–H groups in total. The number of thiophene rings is 1. The summed E-state index contributed by atoms with van der Waals surface area (Å²) < 4.78 is 0. The molecule has 30 heavy (non-hydrogen) atoms. The van der Waals surface area contributed by atoms with Gasteiger partial charge in [0.1, 0.15) is 11.5 Å². The minimum absolute atomic E-state index is 0.0281. The fourth-order valence-electron chi connectivity index (χ4n) is 3.70. The number of ketones is 1. The molecule has 1 fully saturated rings. The quantitative estimate of drug-likeness (QED) is 0.365. The molecule has 152 valence electrons. The number of likely N-dealkylation sites (tertiary alicyclic amines) is 1. The number of amides is 1. The van der Waals surface area contributed by atoms with Crippen molar-refractivity contribution in [3.8, 4) is 5.75 Å². The highest BCUT2D eigenvalue weighted by atomic mass is 32.1. The van der Waals surface area contributed by atoms with Crippen LogP contribution in [-0.2, 0) is 16.1 Å². The molecule has 0 spiro atoms. The van der Waals surface area contributed by atoms with Gasteiger partial charge in [-0.2, -0.15) is 0 Å². The molecule has 2 heterocycles. The van der Waals surface area contributed by atoms with Crippen LogP contribution >= 0.6 is 11.3 Å². The van der Waals surface area contributed by atoms with E-state index in [2.05, 4.69) is 0 Å². The lowest BCUT2D eigenvalue weighted by Crippen LogP contribution is -2.28. The Morgan fingerprint density at radius 2 is 1.83 bits per heavy atom. The highest BCUT2D eigenvalue weighted by Crippen LogP contribution is 2.41. The second-order valence-corrected chi connectivity index (χ2v) is 8.43. The predicted molar refractivity (Wildman–Crippen MR) is 116 cm³/mol. The van der Waals surface area contributed by atoms with E-state index in [0.29, 0.717) is 11.1 Å². The average molecular weight is 420 g/mol. The number of phenols is 1. The van der Waals surface area contributed by atoms with Gasteiger partial charge in [0.2, 0.25) is 0 Å². The molecule has 5 nitrogen and oxygen atoms in total. The molecular formula is C24H21NO4S. The number of hydrogen-bond donors (Lipinski definition) is 2. The van der Waals surface area contributed by atoms with Crippen molar-refractivity contribution in [2.75, 3.05) is 0 Å². The van der Waals surface area contributed by atoms with Gasteiger partial charge in [0, 0.05) is 10.4 Å². The number of aryl methyl sites for hydroxylation is 2. The van der Waals surface area contributed by atoms with Gasteiger partial charge >= 0.3 is 0 Å². The number of hydrogen-bond acceptors (Lipinski definition) is 5. The van der Waals surface area contributed by atoms with E-state index in [0.717, 1.165) is 16.0 Å². The zero-order valence-electron chi connectivity index (χ0n) is 16.6. The molecule has 0 aliphatic carbocycles. The van der Waals surface area contributed by atoms with E-state index < -0.39 is 17.7 Å². The summed E-state index contributed by atoms with van der Waals surface area (Å²) in [5, 5.41) is 23.0. The Morgan fingerprint density at radius 3 is 2.50 bits per heavy atom. The number of carbonyl (C=O) groups is 2. The maximum Gasteiger partial charge on any atom is 0.295 e. The summed E-state index contributed by atoms with van der Waals surface area (Å²) in [5.74, 6) is -1.57. The smallest absolute Gasteiger partial charge is 0.295 e. The van der Waals surface area contributed by atoms with E-state index in [1.54, 1.807) is 24.3 Å². The number of phenolic OH excluding ortho intramolecular Hbond substituents is 1. The van der Waals surface area contributed by atoms with Gasteiger partial charge < -0.3 is 15.1 Å². The summed E-state index contributed by atoms with van der Waals surface area (Å²) in [6.07, 6.45) is 0. The average Bonchev–Trinajstić information content (AvgIpc) is 3.32. The Morgan fingerprint density at radius 1 is 1.03 bits per heavy atom. The Balaban J connectivity index is 1.89. The molecule has 2 aromatic carbocycles. The van der Waals surface area contributed by atoms with Crippen LogP contribution in [0.2, 0.25) is 0 Å². The first-order valence-electron chi connectivity index (χ1n) is 9.54. The van der Waals surface area contributed by atoms with Crippen LogP contribution in [-0.4, -0.2) is 26.8 Å². The summed E-state index contributed by atoms with van der Waals surface area (Å²) in [6.45, 7) is 4.13. The molecule has 1 amide bonds. The zero-order valence-corrected chi connectivity index (χ0v) is 17.4. The highest BCUT2D eigenvalue weighted by Gasteiger charge is 2.46. The van der Waals surface area contributed by atoms with Gasteiger partial charge in [-0.05, 0) is 60.2 Å². The molecule has 1 atom stereocenters. The van der Waals surface area contributed by atoms with Crippen molar-refractivity contribution in [3.05, 3.63) is 92.7 Å². The van der Waals surface area contributed by atoms with Gasteiger partial charge in [0.05, 0.1) is 18.2 Å². The van der Waals surface area contributed by atoms with Crippen LogP contribution in [0.15, 0.2) is 65.6 Å².